The molecule has 156 valence electrons. The lowest BCUT2D eigenvalue weighted by molar-refractivity contribution is -0.139. The summed E-state index contributed by atoms with van der Waals surface area (Å²) in [5.74, 6) is 0.494. The first-order valence-electron chi connectivity index (χ1n) is 8.47. The summed E-state index contributed by atoms with van der Waals surface area (Å²) in [5.41, 5.74) is -0.585. The molecule has 29 heavy (non-hydrogen) atoms. The number of carboxylic acids is 1. The van der Waals surface area contributed by atoms with Crippen molar-refractivity contribution in [3.05, 3.63) is 35.2 Å². The Hall–Kier alpha value is -2.65. The third-order valence-electron chi connectivity index (χ3n) is 4.42. The van der Waals surface area contributed by atoms with Gasteiger partial charge in [0.1, 0.15) is 40.6 Å². The van der Waals surface area contributed by atoms with Crippen molar-refractivity contribution >= 4 is 40.5 Å². The van der Waals surface area contributed by atoms with Crippen LogP contribution in [0, 0.1) is 5.41 Å². The lowest BCUT2D eigenvalue weighted by Gasteiger charge is -2.34. The van der Waals surface area contributed by atoms with Gasteiger partial charge in [0.15, 0.2) is 0 Å². The van der Waals surface area contributed by atoms with Gasteiger partial charge in [-0.25, -0.2) is 14.8 Å². The predicted molar refractivity (Wildman–Crippen MR) is 114 cm³/mol. The van der Waals surface area contributed by atoms with Gasteiger partial charge >= 0.3 is 5.97 Å². The van der Waals surface area contributed by atoms with Gasteiger partial charge in [-0.3, -0.25) is 0 Å². The van der Waals surface area contributed by atoms with Crippen molar-refractivity contribution in [2.45, 2.75) is 19.9 Å². The molecule has 0 unspecified atom stereocenters. The molecule has 1 aromatic heterocycles. The molecule has 8 nitrogen and oxygen atoms in total. The second-order valence-corrected chi connectivity index (χ2v) is 7.39. The summed E-state index contributed by atoms with van der Waals surface area (Å²) in [6.45, 7) is 3.43. The Morgan fingerprint density at radius 1 is 1.14 bits per heavy atom. The van der Waals surface area contributed by atoms with Gasteiger partial charge in [0.2, 0.25) is 0 Å². The minimum atomic E-state index is -1.13. The van der Waals surface area contributed by atoms with Crippen molar-refractivity contribution in [3.8, 4) is 17.2 Å². The van der Waals surface area contributed by atoms with E-state index >= 15 is 0 Å². The Morgan fingerprint density at radius 3 is 2.17 bits per heavy atom. The molecule has 10 heteroatoms. The second-order valence-electron chi connectivity index (χ2n) is 6.60. The fourth-order valence-electron chi connectivity index (χ4n) is 2.79. The standard InChI is InChI=1S/C19H22ClN3O5S/c1-19(2,16(18(24)25)23-14-8-13(20)21-9-22-14)17(29)15-11(27-4)6-10(26-3)7-12(15)28-5/h6-9,16H,1-5H3,(H,24,25)(H,21,22,23)/t16-/m0/s1. The summed E-state index contributed by atoms with van der Waals surface area (Å²) in [5, 5.41) is 13.0. The van der Waals surface area contributed by atoms with E-state index in [9.17, 15) is 9.90 Å². The number of carboxylic acid groups (broad SMARTS) is 1. The molecule has 0 fully saturated rings. The number of rotatable bonds is 9. The molecular formula is C19H22ClN3O5S. The Labute approximate surface area is 179 Å². The topological polar surface area (TPSA) is 103 Å². The summed E-state index contributed by atoms with van der Waals surface area (Å²) in [7, 11) is 4.50. The van der Waals surface area contributed by atoms with Crippen molar-refractivity contribution in [2.75, 3.05) is 26.6 Å². The van der Waals surface area contributed by atoms with E-state index in [1.807, 2.05) is 0 Å². The van der Waals surface area contributed by atoms with E-state index in [4.69, 9.17) is 38.0 Å². The van der Waals surface area contributed by atoms with Crippen molar-refractivity contribution < 1.29 is 24.1 Å². The highest BCUT2D eigenvalue weighted by atomic mass is 35.5. The second kappa shape index (κ2) is 9.23. The average molecular weight is 440 g/mol. The van der Waals surface area contributed by atoms with Crippen molar-refractivity contribution in [3.63, 3.8) is 0 Å². The van der Waals surface area contributed by atoms with Gasteiger partial charge in [-0.05, 0) is 0 Å². The van der Waals surface area contributed by atoms with E-state index in [1.54, 1.807) is 26.0 Å². The van der Waals surface area contributed by atoms with E-state index in [1.165, 1.54) is 33.7 Å². The molecule has 0 aliphatic rings. The molecule has 1 aromatic carbocycles. The first-order chi connectivity index (χ1) is 13.6. The van der Waals surface area contributed by atoms with Crippen LogP contribution in [-0.4, -0.2) is 53.3 Å². The first kappa shape index (κ1) is 22.6. The van der Waals surface area contributed by atoms with E-state index in [-0.39, 0.29) is 11.0 Å². The number of aliphatic carboxylic acids is 1. The molecule has 0 bridgehead atoms. The zero-order valence-corrected chi connectivity index (χ0v) is 18.2. The molecule has 0 aliphatic heterocycles. The molecule has 1 heterocycles. The van der Waals surface area contributed by atoms with Crippen LogP contribution in [0.4, 0.5) is 5.82 Å². The number of anilines is 1. The largest absolute Gasteiger partial charge is 0.496 e. The van der Waals surface area contributed by atoms with Crippen molar-refractivity contribution in [1.82, 2.24) is 9.97 Å². The monoisotopic (exact) mass is 439 g/mol. The van der Waals surface area contributed by atoms with Gasteiger partial charge in [-0.2, -0.15) is 0 Å². The molecule has 0 spiro atoms. The highest BCUT2D eigenvalue weighted by molar-refractivity contribution is 7.81. The number of halogens is 1. The summed E-state index contributed by atoms with van der Waals surface area (Å²) in [6.07, 6.45) is 1.24. The van der Waals surface area contributed by atoms with Crippen LogP contribution in [-0.2, 0) is 4.79 Å². The summed E-state index contributed by atoms with van der Waals surface area (Å²) in [6, 6.07) is 3.63. The van der Waals surface area contributed by atoms with Crippen LogP contribution < -0.4 is 19.5 Å². The molecule has 0 saturated carbocycles. The van der Waals surface area contributed by atoms with Crippen LogP contribution in [0.25, 0.3) is 0 Å². The number of hydrogen-bond acceptors (Lipinski definition) is 8. The molecule has 0 aliphatic carbocycles. The molecule has 2 rings (SSSR count). The van der Waals surface area contributed by atoms with Crippen molar-refractivity contribution in [2.24, 2.45) is 5.41 Å². The number of aromatic nitrogens is 2. The zero-order valence-electron chi connectivity index (χ0n) is 16.6. The fourth-order valence-corrected chi connectivity index (χ4v) is 3.26. The van der Waals surface area contributed by atoms with Gasteiger partial charge in [-0.1, -0.05) is 37.7 Å². The van der Waals surface area contributed by atoms with Crippen LogP contribution in [0.15, 0.2) is 24.5 Å². The number of benzene rings is 1. The van der Waals surface area contributed by atoms with Crippen molar-refractivity contribution in [1.29, 1.82) is 0 Å². The lowest BCUT2D eigenvalue weighted by Crippen LogP contribution is -2.47. The summed E-state index contributed by atoms with van der Waals surface area (Å²) < 4.78 is 16.2. The molecule has 2 aromatic rings. The number of hydrogen-bond donors (Lipinski definition) is 2. The molecule has 1 atom stereocenters. The number of ether oxygens (including phenoxy) is 3. The number of methoxy groups -OCH3 is 3. The minimum absolute atomic E-state index is 0.186. The Balaban J connectivity index is 2.52. The number of thiocarbonyl (C=S) groups is 1. The fraction of sp³-hybridized carbons (Fsp3) is 0.368. The highest BCUT2D eigenvalue weighted by Gasteiger charge is 2.41. The maximum absolute atomic E-state index is 12.1. The van der Waals surface area contributed by atoms with Crippen LogP contribution in [0.3, 0.4) is 0 Å². The Kier molecular flexibility index (Phi) is 7.21. The van der Waals surface area contributed by atoms with E-state index in [0.717, 1.165) is 0 Å². The lowest BCUT2D eigenvalue weighted by atomic mass is 9.77. The quantitative estimate of drug-likeness (QED) is 0.345. The Morgan fingerprint density at radius 2 is 1.72 bits per heavy atom. The average Bonchev–Trinajstić information content (AvgIpc) is 2.69. The summed E-state index contributed by atoms with van der Waals surface area (Å²) in [4.78, 5) is 20.2. The third-order valence-corrected chi connectivity index (χ3v) is 5.36. The van der Waals surface area contributed by atoms with Crippen LogP contribution >= 0.6 is 23.8 Å². The molecule has 0 amide bonds. The Bertz CT molecular complexity index is 897. The van der Waals surface area contributed by atoms with E-state index in [0.29, 0.717) is 27.7 Å². The zero-order chi connectivity index (χ0) is 21.8. The van der Waals surface area contributed by atoms with Crippen LogP contribution in [0.2, 0.25) is 5.15 Å². The minimum Gasteiger partial charge on any atom is -0.496 e. The van der Waals surface area contributed by atoms with Gasteiger partial charge in [0.25, 0.3) is 0 Å². The molecular weight excluding hydrogens is 418 g/mol. The predicted octanol–water partition coefficient (Wildman–Crippen LogP) is 3.47. The third kappa shape index (κ3) is 4.86. The number of nitrogens with one attached hydrogen (secondary N) is 1. The molecule has 2 N–H and O–H groups in total. The maximum Gasteiger partial charge on any atom is 0.327 e. The normalized spacial score (nSPS) is 12.1. The smallest absolute Gasteiger partial charge is 0.327 e. The SMILES string of the molecule is COc1cc(OC)c(C(=S)C(C)(C)[C@@H](Nc2cc(Cl)ncn2)C(=O)O)c(OC)c1. The molecule has 0 saturated heterocycles. The van der Waals surface area contributed by atoms with Gasteiger partial charge in [0.05, 0.1) is 26.9 Å². The van der Waals surface area contributed by atoms with Gasteiger partial charge in [0, 0.05) is 28.5 Å². The van der Waals surface area contributed by atoms with Crippen LogP contribution in [0.1, 0.15) is 19.4 Å². The van der Waals surface area contributed by atoms with Crippen LogP contribution in [0.5, 0.6) is 17.2 Å². The molecule has 0 radical (unpaired) electrons. The number of nitrogens with zero attached hydrogens (tertiary/aromatic N) is 2. The van der Waals surface area contributed by atoms with E-state index in [2.05, 4.69) is 15.3 Å². The number of carbonyl (C=O) groups is 1. The van der Waals surface area contributed by atoms with Gasteiger partial charge in [-0.15, -0.1) is 0 Å². The summed E-state index contributed by atoms with van der Waals surface area (Å²) >= 11 is 11.6. The first-order valence-corrected chi connectivity index (χ1v) is 9.26. The van der Waals surface area contributed by atoms with E-state index < -0.39 is 17.4 Å². The maximum atomic E-state index is 12.1. The highest BCUT2D eigenvalue weighted by Crippen LogP contribution is 2.40. The van der Waals surface area contributed by atoms with Gasteiger partial charge < -0.3 is 24.6 Å².